The van der Waals surface area contributed by atoms with E-state index in [4.69, 9.17) is 0 Å². The standard InChI is InChI=1S/C19H30/c1-14(2)7-5-6-8-17-11-10-16(4)18-12-9-15(3)13-19(17)18/h7,13,16-18H,3,5-6,8-12H2,1-2,4H3/t16-,17?,18?/m0/s1. The van der Waals surface area contributed by atoms with Crippen LogP contribution in [0.15, 0.2) is 35.5 Å². The van der Waals surface area contributed by atoms with Crippen LogP contribution in [0.1, 0.15) is 65.7 Å². The molecule has 0 amide bonds. The van der Waals surface area contributed by atoms with Gasteiger partial charge in [-0.3, -0.25) is 0 Å². The number of hydrogen-bond donors (Lipinski definition) is 0. The van der Waals surface area contributed by atoms with Crippen molar-refractivity contribution in [3.63, 3.8) is 0 Å². The van der Waals surface area contributed by atoms with Gasteiger partial charge < -0.3 is 0 Å². The molecule has 19 heavy (non-hydrogen) atoms. The van der Waals surface area contributed by atoms with Crippen molar-refractivity contribution in [2.75, 3.05) is 0 Å². The van der Waals surface area contributed by atoms with Gasteiger partial charge in [-0.2, -0.15) is 0 Å². The molecular weight excluding hydrogens is 228 g/mol. The summed E-state index contributed by atoms with van der Waals surface area (Å²) in [5.74, 6) is 2.62. The predicted molar refractivity (Wildman–Crippen MR) is 85.1 cm³/mol. The van der Waals surface area contributed by atoms with Crippen LogP contribution in [0.2, 0.25) is 0 Å². The van der Waals surface area contributed by atoms with Crippen molar-refractivity contribution in [2.24, 2.45) is 17.8 Å². The minimum Gasteiger partial charge on any atom is -0.0958 e. The van der Waals surface area contributed by atoms with Gasteiger partial charge in [0.25, 0.3) is 0 Å². The maximum atomic E-state index is 4.20. The SMILES string of the molecule is C=C1C=C2C(CCCC=C(C)C)CC[C@H](C)C2CC1. The molecule has 0 saturated heterocycles. The third-order valence-corrected chi connectivity index (χ3v) is 5.01. The van der Waals surface area contributed by atoms with Gasteiger partial charge in [0.2, 0.25) is 0 Å². The smallest absolute Gasteiger partial charge is 0.0168 e. The average Bonchev–Trinajstić information content (AvgIpc) is 2.36. The van der Waals surface area contributed by atoms with E-state index < -0.39 is 0 Å². The zero-order chi connectivity index (χ0) is 13.8. The molecule has 2 aliphatic carbocycles. The first kappa shape index (κ1) is 14.6. The minimum atomic E-state index is 0.851. The van der Waals surface area contributed by atoms with Crippen LogP contribution >= 0.6 is 0 Å². The fourth-order valence-electron chi connectivity index (χ4n) is 3.85. The van der Waals surface area contributed by atoms with Crippen LogP contribution in [0, 0.1) is 17.8 Å². The molecule has 2 rings (SSSR count). The van der Waals surface area contributed by atoms with Crippen LogP contribution < -0.4 is 0 Å². The van der Waals surface area contributed by atoms with E-state index in [0.29, 0.717) is 0 Å². The summed E-state index contributed by atoms with van der Waals surface area (Å²) in [6, 6.07) is 0. The van der Waals surface area contributed by atoms with E-state index in [-0.39, 0.29) is 0 Å². The molecule has 0 N–H and O–H groups in total. The Bertz CT molecular complexity index is 379. The van der Waals surface area contributed by atoms with Gasteiger partial charge in [-0.15, -0.1) is 0 Å². The Morgan fingerprint density at radius 1 is 1.32 bits per heavy atom. The average molecular weight is 258 g/mol. The lowest BCUT2D eigenvalue weighted by Gasteiger charge is -2.40. The van der Waals surface area contributed by atoms with Crippen LogP contribution in [0.5, 0.6) is 0 Å². The predicted octanol–water partition coefficient (Wildman–Crippen LogP) is 6.06. The molecule has 1 fully saturated rings. The maximum absolute atomic E-state index is 4.20. The number of fused-ring (bicyclic) bond motifs is 1. The van der Waals surface area contributed by atoms with E-state index in [9.17, 15) is 0 Å². The third kappa shape index (κ3) is 3.84. The quantitative estimate of drug-likeness (QED) is 0.424. The van der Waals surface area contributed by atoms with Crippen LogP contribution in [0.4, 0.5) is 0 Å². The Kier molecular flexibility index (Phi) is 5.07. The highest BCUT2D eigenvalue weighted by molar-refractivity contribution is 5.30. The van der Waals surface area contributed by atoms with Crippen LogP contribution in [-0.4, -0.2) is 0 Å². The molecule has 0 heterocycles. The Morgan fingerprint density at radius 2 is 2.11 bits per heavy atom. The Morgan fingerprint density at radius 3 is 2.84 bits per heavy atom. The first-order valence-corrected chi connectivity index (χ1v) is 8.10. The molecule has 2 aliphatic rings. The van der Waals surface area contributed by atoms with Crippen LogP contribution in [0.25, 0.3) is 0 Å². The number of hydrogen-bond acceptors (Lipinski definition) is 0. The molecule has 0 aliphatic heterocycles. The molecule has 0 aromatic carbocycles. The van der Waals surface area contributed by atoms with Gasteiger partial charge in [-0.05, 0) is 76.5 Å². The second-order valence-corrected chi connectivity index (χ2v) is 6.91. The van der Waals surface area contributed by atoms with Crippen molar-refractivity contribution in [3.8, 4) is 0 Å². The molecular formula is C19H30. The third-order valence-electron chi connectivity index (χ3n) is 5.01. The van der Waals surface area contributed by atoms with Crippen molar-refractivity contribution in [3.05, 3.63) is 35.5 Å². The van der Waals surface area contributed by atoms with E-state index in [1.54, 1.807) is 5.57 Å². The highest BCUT2D eigenvalue weighted by atomic mass is 14.4. The zero-order valence-corrected chi connectivity index (χ0v) is 13.0. The van der Waals surface area contributed by atoms with Gasteiger partial charge in [-0.25, -0.2) is 0 Å². The molecule has 0 bridgehead atoms. The Labute approximate surface area is 119 Å². The molecule has 0 heteroatoms. The Balaban J connectivity index is 1.96. The first-order chi connectivity index (χ1) is 9.08. The van der Waals surface area contributed by atoms with E-state index in [1.165, 1.54) is 56.1 Å². The van der Waals surface area contributed by atoms with E-state index in [1.807, 2.05) is 0 Å². The minimum absolute atomic E-state index is 0.851. The van der Waals surface area contributed by atoms with Gasteiger partial charge in [0, 0.05) is 0 Å². The normalized spacial score (nSPS) is 30.6. The summed E-state index contributed by atoms with van der Waals surface area (Å²) < 4.78 is 0. The van der Waals surface area contributed by atoms with E-state index >= 15 is 0 Å². The van der Waals surface area contributed by atoms with Crippen molar-refractivity contribution in [2.45, 2.75) is 65.7 Å². The molecule has 106 valence electrons. The molecule has 0 aromatic rings. The maximum Gasteiger partial charge on any atom is -0.0168 e. The molecule has 3 atom stereocenters. The zero-order valence-electron chi connectivity index (χ0n) is 13.0. The van der Waals surface area contributed by atoms with Crippen LogP contribution in [-0.2, 0) is 0 Å². The monoisotopic (exact) mass is 258 g/mol. The molecule has 0 nitrogen and oxygen atoms in total. The fourth-order valence-corrected chi connectivity index (χ4v) is 3.85. The molecule has 2 unspecified atom stereocenters. The molecule has 1 saturated carbocycles. The van der Waals surface area contributed by atoms with E-state index in [0.717, 1.165) is 17.8 Å². The van der Waals surface area contributed by atoms with Gasteiger partial charge in [-0.1, -0.05) is 42.4 Å². The van der Waals surface area contributed by atoms with Crippen molar-refractivity contribution >= 4 is 0 Å². The summed E-state index contributed by atoms with van der Waals surface area (Å²) in [4.78, 5) is 0. The largest absolute Gasteiger partial charge is 0.0958 e. The fraction of sp³-hybridized carbons (Fsp3) is 0.684. The summed E-state index contributed by atoms with van der Waals surface area (Å²) in [5.41, 5.74) is 4.59. The van der Waals surface area contributed by atoms with Crippen molar-refractivity contribution in [1.29, 1.82) is 0 Å². The summed E-state index contributed by atoms with van der Waals surface area (Å²) in [5, 5.41) is 0. The molecule has 0 aromatic heterocycles. The van der Waals surface area contributed by atoms with Gasteiger partial charge in [0.15, 0.2) is 0 Å². The highest BCUT2D eigenvalue weighted by Crippen LogP contribution is 2.45. The van der Waals surface area contributed by atoms with Gasteiger partial charge in [0.1, 0.15) is 0 Å². The summed E-state index contributed by atoms with van der Waals surface area (Å²) >= 11 is 0. The van der Waals surface area contributed by atoms with Gasteiger partial charge >= 0.3 is 0 Å². The van der Waals surface area contributed by atoms with E-state index in [2.05, 4.69) is 39.5 Å². The first-order valence-electron chi connectivity index (χ1n) is 8.10. The van der Waals surface area contributed by atoms with Crippen molar-refractivity contribution < 1.29 is 0 Å². The summed E-state index contributed by atoms with van der Waals surface area (Å²) in [7, 11) is 0. The lowest BCUT2D eigenvalue weighted by Crippen LogP contribution is -2.28. The topological polar surface area (TPSA) is 0 Å². The summed E-state index contributed by atoms with van der Waals surface area (Å²) in [6.07, 6.45) is 14.2. The molecule has 0 spiro atoms. The number of allylic oxidation sites excluding steroid dienone is 5. The number of rotatable bonds is 4. The lowest BCUT2D eigenvalue weighted by molar-refractivity contribution is 0.248. The van der Waals surface area contributed by atoms with Crippen LogP contribution in [0.3, 0.4) is 0 Å². The Hall–Kier alpha value is -0.780. The second kappa shape index (κ2) is 6.59. The lowest BCUT2D eigenvalue weighted by atomic mass is 9.65. The number of unbranched alkanes of at least 4 members (excludes halogenated alkanes) is 1. The van der Waals surface area contributed by atoms with Gasteiger partial charge in [0.05, 0.1) is 0 Å². The summed E-state index contributed by atoms with van der Waals surface area (Å²) in [6.45, 7) is 11.0. The second-order valence-electron chi connectivity index (χ2n) is 6.91. The van der Waals surface area contributed by atoms with Crippen molar-refractivity contribution in [1.82, 2.24) is 0 Å². The molecule has 0 radical (unpaired) electrons. The highest BCUT2D eigenvalue weighted by Gasteiger charge is 2.33.